The van der Waals surface area contributed by atoms with E-state index in [1.807, 2.05) is 0 Å². The van der Waals surface area contributed by atoms with Gasteiger partial charge in [0.1, 0.15) is 5.60 Å². The van der Waals surface area contributed by atoms with E-state index in [0.717, 1.165) is 24.3 Å². The Morgan fingerprint density at radius 3 is 2.40 bits per heavy atom. The minimum atomic E-state index is -4.17. The zero-order valence-electron chi connectivity index (χ0n) is 14.2. The third-order valence-electron chi connectivity index (χ3n) is 3.40. The van der Waals surface area contributed by atoms with Gasteiger partial charge in [-0.1, -0.05) is 0 Å². The number of carbonyl (C=O) groups excluding carboxylic acids is 1. The first-order valence-corrected chi connectivity index (χ1v) is 9.08. The van der Waals surface area contributed by atoms with Crippen molar-refractivity contribution in [1.29, 1.82) is 0 Å². The maximum absolute atomic E-state index is 12.4. The van der Waals surface area contributed by atoms with E-state index < -0.39 is 33.0 Å². The minimum absolute atomic E-state index is 0.214. The van der Waals surface area contributed by atoms with Crippen LogP contribution in [0.3, 0.4) is 0 Å². The quantitative estimate of drug-likeness (QED) is 0.453. The van der Waals surface area contributed by atoms with Gasteiger partial charge in [-0.3, -0.25) is 15.0 Å². The molecule has 0 bridgehead atoms. The summed E-state index contributed by atoms with van der Waals surface area (Å²) >= 11 is 0. The number of non-ortho nitro benzene ring substituents is 1. The average Bonchev–Trinajstić information content (AvgIpc) is 2.93. The molecule has 9 nitrogen and oxygen atoms in total. The molecule has 1 fully saturated rings. The van der Waals surface area contributed by atoms with Crippen LogP contribution >= 0.6 is 0 Å². The molecule has 1 aliphatic rings. The highest BCUT2D eigenvalue weighted by Crippen LogP contribution is 2.26. The van der Waals surface area contributed by atoms with Crippen molar-refractivity contribution >= 4 is 21.9 Å². The third kappa shape index (κ3) is 4.89. The maximum atomic E-state index is 12.4. The van der Waals surface area contributed by atoms with Crippen molar-refractivity contribution < 1.29 is 27.1 Å². The van der Waals surface area contributed by atoms with E-state index in [2.05, 4.69) is 0 Å². The molecular formula is C15H20N2O7S. The Morgan fingerprint density at radius 1 is 1.28 bits per heavy atom. The summed E-state index contributed by atoms with van der Waals surface area (Å²) in [5.41, 5.74) is -0.934. The molecule has 25 heavy (non-hydrogen) atoms. The summed E-state index contributed by atoms with van der Waals surface area (Å²) < 4.78 is 35.1. The van der Waals surface area contributed by atoms with Crippen LogP contribution in [0.2, 0.25) is 0 Å². The Morgan fingerprint density at radius 2 is 1.88 bits per heavy atom. The molecule has 0 aliphatic carbocycles. The zero-order valence-corrected chi connectivity index (χ0v) is 15.0. The molecule has 0 radical (unpaired) electrons. The number of likely N-dealkylation sites (tertiary alicyclic amines) is 1. The molecule has 0 saturated carbocycles. The molecule has 1 aromatic carbocycles. The van der Waals surface area contributed by atoms with Gasteiger partial charge in [0.2, 0.25) is 0 Å². The fourth-order valence-electron chi connectivity index (χ4n) is 2.30. The molecule has 0 unspecified atom stereocenters. The average molecular weight is 372 g/mol. The van der Waals surface area contributed by atoms with Gasteiger partial charge in [0.25, 0.3) is 15.8 Å². The second kappa shape index (κ2) is 6.96. The fourth-order valence-corrected chi connectivity index (χ4v) is 3.37. The minimum Gasteiger partial charge on any atom is -0.444 e. The van der Waals surface area contributed by atoms with Gasteiger partial charge in [-0.2, -0.15) is 8.42 Å². The van der Waals surface area contributed by atoms with Gasteiger partial charge in [-0.05, 0) is 45.7 Å². The first kappa shape index (κ1) is 19.1. The van der Waals surface area contributed by atoms with E-state index in [1.165, 1.54) is 4.90 Å². The van der Waals surface area contributed by atoms with Crippen LogP contribution in [0, 0.1) is 10.1 Å². The van der Waals surface area contributed by atoms with Crippen molar-refractivity contribution in [1.82, 2.24) is 4.90 Å². The van der Waals surface area contributed by atoms with E-state index in [4.69, 9.17) is 8.92 Å². The molecule has 1 saturated heterocycles. The van der Waals surface area contributed by atoms with Crippen molar-refractivity contribution in [2.24, 2.45) is 0 Å². The fraction of sp³-hybridized carbons (Fsp3) is 0.533. The Kier molecular flexibility index (Phi) is 5.33. The second-order valence-corrected chi connectivity index (χ2v) is 8.14. The van der Waals surface area contributed by atoms with Crippen LogP contribution in [0.5, 0.6) is 0 Å². The molecule has 1 heterocycles. The summed E-state index contributed by atoms with van der Waals surface area (Å²) in [6.07, 6.45) is -0.672. The summed E-state index contributed by atoms with van der Waals surface area (Å²) in [5, 5.41) is 10.6. The first-order chi connectivity index (χ1) is 11.5. The Labute approximate surface area is 145 Å². The Balaban J connectivity index is 2.13. The smallest absolute Gasteiger partial charge is 0.412 e. The first-order valence-electron chi connectivity index (χ1n) is 7.67. The largest absolute Gasteiger partial charge is 0.444 e. The summed E-state index contributed by atoms with van der Waals surface area (Å²) in [5.74, 6) is 0. The summed E-state index contributed by atoms with van der Waals surface area (Å²) in [6.45, 7) is 5.47. The molecule has 0 aromatic heterocycles. The summed E-state index contributed by atoms with van der Waals surface area (Å²) in [6, 6.07) is 4.35. The number of hydrogen-bond donors (Lipinski definition) is 0. The van der Waals surface area contributed by atoms with Crippen molar-refractivity contribution in [3.8, 4) is 0 Å². The molecule has 2 rings (SSSR count). The number of rotatable bonds is 4. The van der Waals surface area contributed by atoms with Crippen LogP contribution in [0.15, 0.2) is 29.2 Å². The van der Waals surface area contributed by atoms with Crippen LogP contribution < -0.4 is 0 Å². The zero-order chi connectivity index (χ0) is 18.8. The lowest BCUT2D eigenvalue weighted by atomic mass is 10.2. The molecule has 1 aromatic rings. The number of amides is 1. The van der Waals surface area contributed by atoms with Crippen LogP contribution in [-0.4, -0.2) is 42.7 Å². The highest BCUT2D eigenvalue weighted by molar-refractivity contribution is 7.86. The van der Waals surface area contributed by atoms with E-state index in [9.17, 15) is 23.3 Å². The molecule has 0 spiro atoms. The number of ether oxygens (including phenoxy) is 1. The van der Waals surface area contributed by atoms with Gasteiger partial charge < -0.3 is 4.74 Å². The lowest BCUT2D eigenvalue weighted by molar-refractivity contribution is -0.384. The van der Waals surface area contributed by atoms with Gasteiger partial charge in [-0.15, -0.1) is 0 Å². The standard InChI is InChI=1S/C15H20N2O7S/c1-15(2,3)23-14(18)16-10-4-5-13(16)24-25(21,22)12-8-6-11(7-9-12)17(19)20/h6-9,13H,4-5,10H2,1-3H3/t13-/m1/s1. The third-order valence-corrected chi connectivity index (χ3v) is 4.72. The summed E-state index contributed by atoms with van der Waals surface area (Å²) in [4.78, 5) is 23.2. The van der Waals surface area contributed by atoms with E-state index in [0.29, 0.717) is 19.4 Å². The highest BCUT2D eigenvalue weighted by atomic mass is 32.2. The van der Waals surface area contributed by atoms with Gasteiger partial charge in [0, 0.05) is 18.7 Å². The predicted molar refractivity (Wildman–Crippen MR) is 87.3 cm³/mol. The van der Waals surface area contributed by atoms with Gasteiger partial charge in [0.05, 0.1) is 9.82 Å². The molecule has 1 atom stereocenters. The summed E-state index contributed by atoms with van der Waals surface area (Å²) in [7, 11) is -4.17. The van der Waals surface area contributed by atoms with Crippen LogP contribution in [0.1, 0.15) is 33.6 Å². The van der Waals surface area contributed by atoms with Crippen molar-refractivity contribution in [2.45, 2.75) is 50.3 Å². The molecule has 0 N–H and O–H groups in total. The van der Waals surface area contributed by atoms with E-state index in [-0.39, 0.29) is 10.6 Å². The topological polar surface area (TPSA) is 116 Å². The van der Waals surface area contributed by atoms with E-state index in [1.54, 1.807) is 20.8 Å². The molecule has 138 valence electrons. The monoisotopic (exact) mass is 372 g/mol. The maximum Gasteiger partial charge on any atom is 0.412 e. The van der Waals surface area contributed by atoms with Crippen molar-refractivity contribution in [3.63, 3.8) is 0 Å². The normalized spacial score (nSPS) is 18.2. The van der Waals surface area contributed by atoms with Crippen LogP contribution in [0.4, 0.5) is 10.5 Å². The number of carbonyl (C=O) groups is 1. The predicted octanol–water partition coefficient (Wildman–Crippen LogP) is 2.66. The number of nitro benzene ring substituents is 1. The number of nitrogens with zero attached hydrogens (tertiary/aromatic N) is 2. The Hall–Kier alpha value is -2.20. The Bertz CT molecular complexity index is 753. The van der Waals surface area contributed by atoms with E-state index >= 15 is 0 Å². The van der Waals surface area contributed by atoms with Gasteiger partial charge >= 0.3 is 6.09 Å². The number of nitro groups is 1. The van der Waals surface area contributed by atoms with Crippen molar-refractivity contribution in [2.75, 3.05) is 6.54 Å². The van der Waals surface area contributed by atoms with Gasteiger partial charge in [-0.25, -0.2) is 8.98 Å². The number of hydrogen-bond acceptors (Lipinski definition) is 7. The number of benzene rings is 1. The lowest BCUT2D eigenvalue weighted by Gasteiger charge is -2.28. The second-order valence-electron chi connectivity index (χ2n) is 6.57. The van der Waals surface area contributed by atoms with Crippen molar-refractivity contribution in [3.05, 3.63) is 34.4 Å². The molecule has 1 aliphatic heterocycles. The van der Waals surface area contributed by atoms with Crippen LogP contribution in [0.25, 0.3) is 0 Å². The molecule has 1 amide bonds. The van der Waals surface area contributed by atoms with Crippen LogP contribution in [-0.2, 0) is 19.0 Å². The molecular weight excluding hydrogens is 352 g/mol. The molecule has 10 heteroatoms. The lowest BCUT2D eigenvalue weighted by Crippen LogP contribution is -2.41. The van der Waals surface area contributed by atoms with Gasteiger partial charge in [0.15, 0.2) is 6.23 Å². The SMILES string of the molecule is CC(C)(C)OC(=O)N1CCC[C@H]1OS(=O)(=O)c1ccc([N+](=O)[O-])cc1. The highest BCUT2D eigenvalue weighted by Gasteiger charge is 2.36.